The predicted molar refractivity (Wildman–Crippen MR) is 89.9 cm³/mol. The number of thioether (sulfide) groups is 1. The number of imide groups is 1. The fraction of sp³-hybridized carbons (Fsp3) is 0. The molecule has 0 heterocycles. The van der Waals surface area contributed by atoms with Crippen molar-refractivity contribution in [3.05, 3.63) is 54.1 Å². The van der Waals surface area contributed by atoms with Gasteiger partial charge in [-0.3, -0.25) is 19.7 Å². The fourth-order valence-electron chi connectivity index (χ4n) is 1.78. The summed E-state index contributed by atoms with van der Waals surface area (Å²) in [5, 5.41) is 14.8. The maximum atomic E-state index is 11.9. The smallest absolute Gasteiger partial charge is 0.316 e. The first-order valence-electron chi connectivity index (χ1n) is 6.68. The number of nitrogens with one attached hydrogen (secondary N) is 2. The van der Waals surface area contributed by atoms with E-state index < -0.39 is 17.7 Å². The lowest BCUT2D eigenvalue weighted by molar-refractivity contribution is -0.135. The van der Waals surface area contributed by atoms with Gasteiger partial charge in [0.25, 0.3) is 5.91 Å². The predicted octanol–water partition coefficient (Wildman–Crippen LogP) is 1.74. The second kappa shape index (κ2) is 7.80. The zero-order valence-electron chi connectivity index (χ0n) is 12.3. The Kier molecular flexibility index (Phi) is 5.54. The van der Waals surface area contributed by atoms with Crippen LogP contribution in [0.1, 0.15) is 10.4 Å². The molecule has 2 aromatic carbocycles. The van der Waals surface area contributed by atoms with Crippen LogP contribution in [0.15, 0.2) is 53.4 Å². The van der Waals surface area contributed by atoms with E-state index >= 15 is 0 Å². The number of para-hydroxylation sites is 1. The third-order valence-corrected chi connectivity index (χ3v) is 3.51. The van der Waals surface area contributed by atoms with Crippen molar-refractivity contribution >= 4 is 40.9 Å². The summed E-state index contributed by atoms with van der Waals surface area (Å²) in [5.41, 5.74) is 6.31. The van der Waals surface area contributed by atoms with Crippen molar-refractivity contribution in [1.82, 2.24) is 5.32 Å². The van der Waals surface area contributed by atoms with Crippen molar-refractivity contribution in [1.29, 1.82) is 5.26 Å². The van der Waals surface area contributed by atoms with Gasteiger partial charge in [0.05, 0.1) is 5.56 Å². The molecule has 0 aromatic heterocycles. The van der Waals surface area contributed by atoms with Gasteiger partial charge in [-0.2, -0.15) is 5.26 Å². The van der Waals surface area contributed by atoms with E-state index in [0.717, 1.165) is 11.8 Å². The second-order valence-corrected chi connectivity index (χ2v) is 5.40. The number of hydrogen-bond acceptors (Lipinski definition) is 6. The molecule has 0 aliphatic carbocycles. The zero-order valence-corrected chi connectivity index (χ0v) is 13.1. The normalized spacial score (nSPS) is 9.62. The van der Waals surface area contributed by atoms with Crippen LogP contribution in [-0.4, -0.2) is 17.7 Å². The average molecular weight is 340 g/mol. The lowest BCUT2D eigenvalue weighted by atomic mass is 10.1. The Hall–Kier alpha value is -3.31. The van der Waals surface area contributed by atoms with Crippen LogP contribution in [0.2, 0.25) is 0 Å². The summed E-state index contributed by atoms with van der Waals surface area (Å²) in [6.45, 7) is 0. The quantitative estimate of drug-likeness (QED) is 0.338. The van der Waals surface area contributed by atoms with Crippen LogP contribution in [0.3, 0.4) is 0 Å². The first kappa shape index (κ1) is 17.1. The van der Waals surface area contributed by atoms with E-state index in [1.54, 1.807) is 36.4 Å². The first-order chi connectivity index (χ1) is 11.5. The highest BCUT2D eigenvalue weighted by molar-refractivity contribution is 8.03. The maximum Gasteiger partial charge on any atom is 0.316 e. The third kappa shape index (κ3) is 4.34. The van der Waals surface area contributed by atoms with Gasteiger partial charge in [0.1, 0.15) is 5.40 Å². The molecule has 4 N–H and O–H groups in total. The van der Waals surface area contributed by atoms with Crippen molar-refractivity contribution in [3.63, 3.8) is 0 Å². The molecule has 0 saturated heterocycles. The van der Waals surface area contributed by atoms with Gasteiger partial charge in [-0.15, -0.1) is 0 Å². The average Bonchev–Trinajstić information content (AvgIpc) is 2.57. The number of anilines is 2. The molecule has 8 heteroatoms. The highest BCUT2D eigenvalue weighted by Crippen LogP contribution is 2.18. The van der Waals surface area contributed by atoms with Gasteiger partial charge in [-0.05, 0) is 48.2 Å². The number of thiocyanates is 1. The number of nitriles is 1. The Morgan fingerprint density at radius 1 is 1.00 bits per heavy atom. The highest BCUT2D eigenvalue weighted by Gasteiger charge is 2.19. The summed E-state index contributed by atoms with van der Waals surface area (Å²) >= 11 is 0.974. The van der Waals surface area contributed by atoms with Crippen LogP contribution < -0.4 is 16.4 Å². The van der Waals surface area contributed by atoms with Crippen molar-refractivity contribution < 1.29 is 14.4 Å². The Bertz CT molecular complexity index is 828. The third-order valence-electron chi connectivity index (χ3n) is 2.91. The molecule has 0 radical (unpaired) electrons. The molecular formula is C16H12N4O3S. The van der Waals surface area contributed by atoms with E-state index in [4.69, 9.17) is 11.0 Å². The molecule has 0 unspecified atom stereocenters. The number of amides is 3. The molecule has 0 aliphatic heterocycles. The zero-order chi connectivity index (χ0) is 17.5. The van der Waals surface area contributed by atoms with Crippen LogP contribution in [-0.2, 0) is 9.59 Å². The summed E-state index contributed by atoms with van der Waals surface area (Å²) in [6.07, 6.45) is 0. The van der Waals surface area contributed by atoms with Crippen LogP contribution in [0.5, 0.6) is 0 Å². The number of benzene rings is 2. The van der Waals surface area contributed by atoms with Gasteiger partial charge in [-0.25, -0.2) is 0 Å². The van der Waals surface area contributed by atoms with Crippen molar-refractivity contribution in [2.24, 2.45) is 0 Å². The summed E-state index contributed by atoms with van der Waals surface area (Å²) < 4.78 is 0. The molecule has 0 atom stereocenters. The van der Waals surface area contributed by atoms with E-state index in [1.165, 1.54) is 12.1 Å². The molecular weight excluding hydrogens is 328 g/mol. The standard InChI is InChI=1S/C16H12N4O3S/c17-9-24-11-7-5-10(6-8-11)19-15(22)16(23)20-14(21)12-3-1-2-4-13(12)18/h1-8H,18H2,(H,19,22)(H,20,21,23). The molecule has 0 aliphatic rings. The minimum Gasteiger partial charge on any atom is -0.398 e. The Morgan fingerprint density at radius 2 is 1.67 bits per heavy atom. The minimum absolute atomic E-state index is 0.108. The number of carbonyl (C=O) groups is 3. The Labute approximate surface area is 141 Å². The minimum atomic E-state index is -1.10. The van der Waals surface area contributed by atoms with E-state index in [1.807, 2.05) is 10.7 Å². The Morgan fingerprint density at radius 3 is 2.29 bits per heavy atom. The number of carbonyl (C=O) groups excluding carboxylic acids is 3. The largest absolute Gasteiger partial charge is 0.398 e. The van der Waals surface area contributed by atoms with Crippen LogP contribution >= 0.6 is 11.8 Å². The van der Waals surface area contributed by atoms with Crippen molar-refractivity contribution in [2.45, 2.75) is 4.90 Å². The number of nitrogen functional groups attached to an aromatic ring is 1. The summed E-state index contributed by atoms with van der Waals surface area (Å²) in [5.74, 6) is -2.84. The lowest BCUT2D eigenvalue weighted by Crippen LogP contribution is -2.39. The Balaban J connectivity index is 1.97. The van der Waals surface area contributed by atoms with Gasteiger partial charge in [-0.1, -0.05) is 12.1 Å². The number of hydrogen-bond donors (Lipinski definition) is 3. The molecule has 0 fully saturated rings. The number of nitrogens with two attached hydrogens (primary N) is 1. The van der Waals surface area contributed by atoms with Crippen molar-refractivity contribution in [2.75, 3.05) is 11.1 Å². The van der Waals surface area contributed by atoms with E-state index in [0.29, 0.717) is 10.6 Å². The SMILES string of the molecule is N#CSc1ccc(NC(=O)C(=O)NC(=O)c2ccccc2N)cc1. The van der Waals surface area contributed by atoms with Crippen LogP contribution in [0.25, 0.3) is 0 Å². The van der Waals surface area contributed by atoms with Gasteiger partial charge in [0, 0.05) is 16.3 Å². The summed E-state index contributed by atoms with van der Waals surface area (Å²) in [7, 11) is 0. The van der Waals surface area contributed by atoms with Crippen LogP contribution in [0, 0.1) is 10.7 Å². The van der Waals surface area contributed by atoms with Gasteiger partial charge in [0.15, 0.2) is 0 Å². The van der Waals surface area contributed by atoms with E-state index in [9.17, 15) is 14.4 Å². The van der Waals surface area contributed by atoms with Gasteiger partial charge in [0.2, 0.25) is 0 Å². The molecule has 24 heavy (non-hydrogen) atoms. The molecule has 3 amide bonds. The lowest BCUT2D eigenvalue weighted by Gasteiger charge is -2.07. The van der Waals surface area contributed by atoms with Gasteiger partial charge < -0.3 is 11.1 Å². The molecule has 0 spiro atoms. The molecule has 2 rings (SSSR count). The topological polar surface area (TPSA) is 125 Å². The molecule has 7 nitrogen and oxygen atoms in total. The van der Waals surface area contributed by atoms with Crippen LogP contribution in [0.4, 0.5) is 11.4 Å². The first-order valence-corrected chi connectivity index (χ1v) is 7.50. The maximum absolute atomic E-state index is 11.9. The molecule has 0 bridgehead atoms. The monoisotopic (exact) mass is 340 g/mol. The highest BCUT2D eigenvalue weighted by atomic mass is 32.2. The summed E-state index contributed by atoms with van der Waals surface area (Å²) in [4.78, 5) is 36.2. The molecule has 2 aromatic rings. The van der Waals surface area contributed by atoms with E-state index in [-0.39, 0.29) is 11.3 Å². The van der Waals surface area contributed by atoms with Gasteiger partial charge >= 0.3 is 11.8 Å². The van der Waals surface area contributed by atoms with E-state index in [2.05, 4.69) is 5.32 Å². The number of rotatable bonds is 3. The number of nitrogens with zero attached hydrogens (tertiary/aromatic N) is 1. The molecule has 120 valence electrons. The van der Waals surface area contributed by atoms with Crippen molar-refractivity contribution in [3.8, 4) is 5.40 Å². The molecule has 0 saturated carbocycles. The summed E-state index contributed by atoms with van der Waals surface area (Å²) in [6, 6.07) is 12.5. The fourth-order valence-corrected chi connectivity index (χ4v) is 2.16. The second-order valence-electron chi connectivity index (χ2n) is 4.54.